The highest BCUT2D eigenvalue weighted by Crippen LogP contribution is 2.29. The predicted octanol–water partition coefficient (Wildman–Crippen LogP) is 3.76. The van der Waals surface area contributed by atoms with Crippen molar-refractivity contribution in [3.63, 3.8) is 0 Å². The molecule has 0 atom stereocenters. The number of nitro benzene ring substituents is 1. The Morgan fingerprint density at radius 2 is 1.88 bits per heavy atom. The average molecular weight is 325 g/mol. The van der Waals surface area contributed by atoms with Crippen molar-refractivity contribution >= 4 is 23.0 Å². The first-order chi connectivity index (χ1) is 11.6. The van der Waals surface area contributed by atoms with Crippen LogP contribution in [0.25, 0.3) is 0 Å². The molecule has 0 radical (unpaired) electrons. The summed E-state index contributed by atoms with van der Waals surface area (Å²) >= 11 is 0. The van der Waals surface area contributed by atoms with Gasteiger partial charge in [-0.3, -0.25) is 14.9 Å². The van der Waals surface area contributed by atoms with Gasteiger partial charge in [0, 0.05) is 30.3 Å². The van der Waals surface area contributed by atoms with E-state index in [2.05, 4.69) is 10.2 Å². The van der Waals surface area contributed by atoms with Gasteiger partial charge in [-0.05, 0) is 38.0 Å². The number of nitro groups is 1. The van der Waals surface area contributed by atoms with Gasteiger partial charge in [0.15, 0.2) is 0 Å². The zero-order chi connectivity index (χ0) is 17.1. The van der Waals surface area contributed by atoms with Crippen LogP contribution < -0.4 is 10.2 Å². The molecular formula is C18H19N3O3. The van der Waals surface area contributed by atoms with E-state index in [1.165, 1.54) is 6.07 Å². The number of hydrogen-bond donors (Lipinski definition) is 1. The van der Waals surface area contributed by atoms with E-state index in [-0.39, 0.29) is 17.2 Å². The van der Waals surface area contributed by atoms with E-state index in [1.807, 2.05) is 24.3 Å². The molecule has 6 nitrogen and oxygen atoms in total. The lowest BCUT2D eigenvalue weighted by Crippen LogP contribution is -2.21. The number of carbonyl (C=O) groups excluding carboxylic acids is 1. The van der Waals surface area contributed by atoms with Crippen LogP contribution in [0.2, 0.25) is 0 Å². The van der Waals surface area contributed by atoms with Crippen LogP contribution in [0.4, 0.5) is 17.1 Å². The molecule has 1 heterocycles. The molecule has 2 aromatic carbocycles. The third kappa shape index (κ3) is 3.22. The summed E-state index contributed by atoms with van der Waals surface area (Å²) in [5.41, 5.74) is 2.49. The van der Waals surface area contributed by atoms with Gasteiger partial charge in [-0.25, -0.2) is 0 Å². The number of hydrogen-bond acceptors (Lipinski definition) is 4. The summed E-state index contributed by atoms with van der Waals surface area (Å²) in [6, 6.07) is 12.2. The Bertz CT molecular complexity index is 783. The van der Waals surface area contributed by atoms with E-state index in [9.17, 15) is 14.9 Å². The number of nitrogens with zero attached hydrogens (tertiary/aromatic N) is 2. The molecule has 1 aliphatic rings. The summed E-state index contributed by atoms with van der Waals surface area (Å²) in [5.74, 6) is -0.343. The summed E-state index contributed by atoms with van der Waals surface area (Å²) in [7, 11) is 0. The van der Waals surface area contributed by atoms with Crippen LogP contribution >= 0.6 is 0 Å². The number of carbonyl (C=O) groups is 1. The van der Waals surface area contributed by atoms with Crippen LogP contribution in [0.1, 0.15) is 28.8 Å². The van der Waals surface area contributed by atoms with Crippen LogP contribution in [0.3, 0.4) is 0 Å². The third-order valence-electron chi connectivity index (χ3n) is 4.27. The molecule has 0 unspecified atom stereocenters. The minimum atomic E-state index is -0.468. The number of anilines is 2. The van der Waals surface area contributed by atoms with Gasteiger partial charge in [0.05, 0.1) is 16.3 Å². The summed E-state index contributed by atoms with van der Waals surface area (Å²) < 4.78 is 0. The van der Waals surface area contributed by atoms with Crippen molar-refractivity contribution < 1.29 is 9.72 Å². The lowest BCUT2D eigenvalue weighted by atomic mass is 10.1. The molecule has 1 amide bonds. The Labute approximate surface area is 140 Å². The Morgan fingerprint density at radius 1 is 1.17 bits per heavy atom. The maximum Gasteiger partial charge on any atom is 0.273 e. The summed E-state index contributed by atoms with van der Waals surface area (Å²) in [5, 5.41) is 13.9. The van der Waals surface area contributed by atoms with E-state index in [0.717, 1.165) is 37.3 Å². The number of para-hydroxylation sites is 2. The van der Waals surface area contributed by atoms with Crippen molar-refractivity contribution in [1.29, 1.82) is 0 Å². The topological polar surface area (TPSA) is 75.5 Å². The maximum atomic E-state index is 12.5. The maximum absolute atomic E-state index is 12.5. The van der Waals surface area contributed by atoms with Crippen LogP contribution in [0.15, 0.2) is 42.5 Å². The highest BCUT2D eigenvalue weighted by atomic mass is 16.6. The van der Waals surface area contributed by atoms with Crippen LogP contribution in [-0.4, -0.2) is 23.9 Å². The number of nitrogens with one attached hydrogen (secondary N) is 1. The van der Waals surface area contributed by atoms with Gasteiger partial charge in [-0.2, -0.15) is 0 Å². The highest BCUT2D eigenvalue weighted by Gasteiger charge is 2.19. The van der Waals surface area contributed by atoms with Gasteiger partial charge in [0.25, 0.3) is 11.6 Å². The van der Waals surface area contributed by atoms with E-state index in [0.29, 0.717) is 5.56 Å². The Morgan fingerprint density at radius 3 is 2.58 bits per heavy atom. The molecular weight excluding hydrogens is 306 g/mol. The van der Waals surface area contributed by atoms with Crippen molar-refractivity contribution in [1.82, 2.24) is 0 Å². The van der Waals surface area contributed by atoms with Crippen molar-refractivity contribution in [2.75, 3.05) is 23.3 Å². The molecule has 6 heteroatoms. The Kier molecular flexibility index (Phi) is 4.46. The van der Waals surface area contributed by atoms with E-state index in [4.69, 9.17) is 0 Å². The SMILES string of the molecule is Cc1ccc(C(=O)Nc2ccccc2N2CCCC2)cc1[N+](=O)[O-]. The number of benzene rings is 2. The van der Waals surface area contributed by atoms with Gasteiger partial charge in [-0.15, -0.1) is 0 Å². The second-order valence-corrected chi connectivity index (χ2v) is 5.92. The molecule has 24 heavy (non-hydrogen) atoms. The van der Waals surface area contributed by atoms with E-state index in [1.54, 1.807) is 19.1 Å². The monoisotopic (exact) mass is 325 g/mol. The zero-order valence-electron chi connectivity index (χ0n) is 13.5. The molecule has 0 bridgehead atoms. The van der Waals surface area contributed by atoms with Gasteiger partial charge >= 0.3 is 0 Å². The fourth-order valence-electron chi connectivity index (χ4n) is 2.95. The minimum Gasteiger partial charge on any atom is -0.370 e. The fraction of sp³-hybridized carbons (Fsp3) is 0.278. The van der Waals surface area contributed by atoms with Crippen LogP contribution in [-0.2, 0) is 0 Å². The van der Waals surface area contributed by atoms with Crippen LogP contribution in [0, 0.1) is 17.0 Å². The Balaban J connectivity index is 1.85. The summed E-state index contributed by atoms with van der Waals surface area (Å²) in [6.07, 6.45) is 2.29. The smallest absolute Gasteiger partial charge is 0.273 e. The molecule has 0 aromatic heterocycles. The van der Waals surface area contributed by atoms with Crippen molar-refractivity contribution in [2.24, 2.45) is 0 Å². The molecule has 0 saturated carbocycles. The first kappa shape index (κ1) is 16.0. The normalized spacial score (nSPS) is 13.8. The van der Waals surface area contributed by atoms with E-state index >= 15 is 0 Å². The quantitative estimate of drug-likeness (QED) is 0.686. The summed E-state index contributed by atoms with van der Waals surface area (Å²) in [6.45, 7) is 3.61. The van der Waals surface area contributed by atoms with Gasteiger partial charge < -0.3 is 10.2 Å². The molecule has 1 aliphatic heterocycles. The van der Waals surface area contributed by atoms with Crippen molar-refractivity contribution in [3.05, 3.63) is 63.7 Å². The average Bonchev–Trinajstić information content (AvgIpc) is 3.09. The third-order valence-corrected chi connectivity index (χ3v) is 4.27. The first-order valence-corrected chi connectivity index (χ1v) is 7.96. The number of aryl methyl sites for hydroxylation is 1. The highest BCUT2D eigenvalue weighted by molar-refractivity contribution is 6.06. The second-order valence-electron chi connectivity index (χ2n) is 5.92. The van der Waals surface area contributed by atoms with Crippen molar-refractivity contribution in [3.8, 4) is 0 Å². The molecule has 124 valence electrons. The molecule has 1 N–H and O–H groups in total. The lowest BCUT2D eigenvalue weighted by Gasteiger charge is -2.21. The lowest BCUT2D eigenvalue weighted by molar-refractivity contribution is -0.385. The van der Waals surface area contributed by atoms with Gasteiger partial charge in [-0.1, -0.05) is 18.2 Å². The fourth-order valence-corrected chi connectivity index (χ4v) is 2.95. The largest absolute Gasteiger partial charge is 0.370 e. The molecule has 2 aromatic rings. The molecule has 1 saturated heterocycles. The Hall–Kier alpha value is -2.89. The summed E-state index contributed by atoms with van der Waals surface area (Å²) in [4.78, 5) is 25.3. The standard InChI is InChI=1S/C18H19N3O3/c1-13-8-9-14(12-17(13)21(23)24)18(22)19-15-6-2-3-7-16(15)20-10-4-5-11-20/h2-3,6-9,12H,4-5,10-11H2,1H3,(H,19,22). The van der Waals surface area contributed by atoms with Crippen molar-refractivity contribution in [2.45, 2.75) is 19.8 Å². The number of amides is 1. The van der Waals surface area contributed by atoms with Gasteiger partial charge in [0.1, 0.15) is 0 Å². The van der Waals surface area contributed by atoms with Crippen LogP contribution in [0.5, 0.6) is 0 Å². The molecule has 0 aliphatic carbocycles. The van der Waals surface area contributed by atoms with E-state index < -0.39 is 4.92 Å². The van der Waals surface area contributed by atoms with Gasteiger partial charge in [0.2, 0.25) is 0 Å². The molecule has 1 fully saturated rings. The number of rotatable bonds is 4. The first-order valence-electron chi connectivity index (χ1n) is 7.96. The second kappa shape index (κ2) is 6.70. The molecule has 3 rings (SSSR count). The minimum absolute atomic E-state index is 0.0459. The zero-order valence-corrected chi connectivity index (χ0v) is 13.5. The predicted molar refractivity (Wildman–Crippen MR) is 93.7 cm³/mol. The molecule has 0 spiro atoms.